The van der Waals surface area contributed by atoms with Gasteiger partial charge in [-0.1, -0.05) is 13.0 Å². The Kier molecular flexibility index (Phi) is 4.94. The van der Waals surface area contributed by atoms with Gasteiger partial charge < -0.3 is 10.0 Å². The Balaban J connectivity index is 1.94. The van der Waals surface area contributed by atoms with Gasteiger partial charge in [-0.05, 0) is 30.9 Å². The summed E-state index contributed by atoms with van der Waals surface area (Å²) in [7, 11) is 1.74. The van der Waals surface area contributed by atoms with Crippen LogP contribution in [0.2, 0.25) is 0 Å². The van der Waals surface area contributed by atoms with E-state index in [4.69, 9.17) is 0 Å². The number of nitrogens with zero attached hydrogens (tertiary/aromatic N) is 2. The van der Waals surface area contributed by atoms with E-state index in [1.807, 2.05) is 25.1 Å². The van der Waals surface area contributed by atoms with Crippen molar-refractivity contribution in [2.24, 2.45) is 17.8 Å². The number of carboxylic acid groups (broad SMARTS) is 1. The molecule has 1 aromatic heterocycles. The molecule has 1 amide bonds. The molecule has 0 bridgehead atoms. The van der Waals surface area contributed by atoms with E-state index in [9.17, 15) is 14.7 Å². The van der Waals surface area contributed by atoms with Crippen molar-refractivity contribution in [2.45, 2.75) is 26.2 Å². The maximum absolute atomic E-state index is 12.5. The summed E-state index contributed by atoms with van der Waals surface area (Å²) >= 11 is 0. The molecule has 3 atom stereocenters. The third kappa shape index (κ3) is 3.80. The normalized spacial score (nSPS) is 24.8. The van der Waals surface area contributed by atoms with Crippen molar-refractivity contribution in [1.82, 2.24) is 9.88 Å². The van der Waals surface area contributed by atoms with E-state index in [0.29, 0.717) is 31.7 Å². The van der Waals surface area contributed by atoms with Gasteiger partial charge in [0, 0.05) is 31.9 Å². The van der Waals surface area contributed by atoms with Crippen molar-refractivity contribution in [3.8, 4) is 0 Å². The van der Waals surface area contributed by atoms with Gasteiger partial charge in [-0.3, -0.25) is 14.6 Å². The van der Waals surface area contributed by atoms with Crippen molar-refractivity contribution >= 4 is 11.9 Å². The maximum atomic E-state index is 12.5. The molecule has 0 aliphatic heterocycles. The molecule has 1 heterocycles. The number of amides is 1. The molecule has 2 rings (SSSR count). The number of hydrogen-bond donors (Lipinski definition) is 1. The van der Waals surface area contributed by atoms with Crippen LogP contribution in [0.5, 0.6) is 0 Å². The summed E-state index contributed by atoms with van der Waals surface area (Å²) in [6.45, 7) is 2.57. The monoisotopic (exact) mass is 290 g/mol. The Morgan fingerprint density at radius 3 is 2.67 bits per heavy atom. The predicted molar refractivity (Wildman–Crippen MR) is 78.6 cm³/mol. The fraction of sp³-hybridized carbons (Fsp3) is 0.562. The molecule has 114 valence electrons. The molecule has 1 aromatic rings. The zero-order valence-corrected chi connectivity index (χ0v) is 12.5. The van der Waals surface area contributed by atoms with Gasteiger partial charge in [0.1, 0.15) is 0 Å². The minimum absolute atomic E-state index is 0.0531. The molecule has 0 spiro atoms. The summed E-state index contributed by atoms with van der Waals surface area (Å²) in [6, 6.07) is 5.70. The van der Waals surface area contributed by atoms with Crippen LogP contribution in [0.1, 0.15) is 25.5 Å². The molecule has 0 radical (unpaired) electrons. The number of pyridine rings is 1. The lowest BCUT2D eigenvalue weighted by atomic mass is 9.95. The number of aromatic nitrogens is 1. The highest BCUT2D eigenvalue weighted by atomic mass is 16.4. The van der Waals surface area contributed by atoms with Gasteiger partial charge in [-0.25, -0.2) is 0 Å². The lowest BCUT2D eigenvalue weighted by Gasteiger charge is -2.23. The molecule has 0 aromatic carbocycles. The van der Waals surface area contributed by atoms with E-state index in [1.165, 1.54) is 0 Å². The zero-order valence-electron chi connectivity index (χ0n) is 12.5. The average molecular weight is 290 g/mol. The molecular formula is C16H22N2O3. The standard InChI is InChI=1S/C16H22N2O3/c1-11-9-13(14(10-11)16(20)21)15(19)18(2)8-6-12-5-3-4-7-17-12/h3-5,7,11,13-14H,6,8-10H2,1-2H3,(H,20,21). The Bertz CT molecular complexity index is 504. The number of likely N-dealkylation sites (N-methyl/N-ethyl adjacent to an activating group) is 1. The number of rotatable bonds is 5. The van der Waals surface area contributed by atoms with Gasteiger partial charge in [0.15, 0.2) is 0 Å². The van der Waals surface area contributed by atoms with E-state index in [0.717, 1.165) is 5.69 Å². The van der Waals surface area contributed by atoms with Crippen LogP contribution in [0.3, 0.4) is 0 Å². The molecule has 3 unspecified atom stereocenters. The fourth-order valence-electron chi connectivity index (χ4n) is 3.06. The molecule has 1 fully saturated rings. The molecular weight excluding hydrogens is 268 g/mol. The second-order valence-electron chi connectivity index (χ2n) is 5.96. The van der Waals surface area contributed by atoms with E-state index >= 15 is 0 Å². The smallest absolute Gasteiger partial charge is 0.307 e. The summed E-state index contributed by atoms with van der Waals surface area (Å²) in [4.78, 5) is 29.6. The molecule has 1 saturated carbocycles. The van der Waals surface area contributed by atoms with Crippen molar-refractivity contribution in [3.05, 3.63) is 30.1 Å². The fourth-order valence-corrected chi connectivity index (χ4v) is 3.06. The summed E-state index contributed by atoms with van der Waals surface area (Å²) in [6.07, 6.45) is 3.68. The number of carboxylic acids is 1. The quantitative estimate of drug-likeness (QED) is 0.898. The second kappa shape index (κ2) is 6.70. The third-order valence-electron chi connectivity index (χ3n) is 4.24. The van der Waals surface area contributed by atoms with Crippen LogP contribution < -0.4 is 0 Å². The Morgan fingerprint density at radius 1 is 1.33 bits per heavy atom. The minimum atomic E-state index is -0.851. The van der Waals surface area contributed by atoms with Crippen molar-refractivity contribution in [1.29, 1.82) is 0 Å². The van der Waals surface area contributed by atoms with Crippen LogP contribution in [0.4, 0.5) is 0 Å². The van der Waals surface area contributed by atoms with E-state index in [2.05, 4.69) is 4.98 Å². The first-order valence-electron chi connectivity index (χ1n) is 7.36. The molecule has 5 nitrogen and oxygen atoms in total. The second-order valence-corrected chi connectivity index (χ2v) is 5.96. The summed E-state index contributed by atoms with van der Waals surface area (Å²) in [5.41, 5.74) is 0.937. The molecule has 5 heteroatoms. The molecule has 1 aliphatic rings. The Hall–Kier alpha value is -1.91. The van der Waals surface area contributed by atoms with Crippen LogP contribution in [0, 0.1) is 17.8 Å². The Labute approximate surface area is 125 Å². The number of hydrogen-bond acceptors (Lipinski definition) is 3. The highest BCUT2D eigenvalue weighted by molar-refractivity contribution is 5.85. The largest absolute Gasteiger partial charge is 0.481 e. The lowest BCUT2D eigenvalue weighted by Crippen LogP contribution is -2.37. The predicted octanol–water partition coefficient (Wildman–Crippen LogP) is 1.83. The molecule has 1 N–H and O–H groups in total. The number of carbonyl (C=O) groups is 2. The molecule has 1 aliphatic carbocycles. The molecule has 0 saturated heterocycles. The first-order chi connectivity index (χ1) is 9.99. The van der Waals surface area contributed by atoms with Gasteiger partial charge in [0.05, 0.1) is 11.8 Å². The Morgan fingerprint density at radius 2 is 2.05 bits per heavy atom. The SMILES string of the molecule is CC1CC(C(=O)O)C(C(=O)N(C)CCc2ccccn2)C1. The summed E-state index contributed by atoms with van der Waals surface area (Å²) in [5, 5.41) is 9.26. The van der Waals surface area contributed by atoms with Gasteiger partial charge in [0.25, 0.3) is 0 Å². The first-order valence-corrected chi connectivity index (χ1v) is 7.36. The summed E-state index contributed by atoms with van der Waals surface area (Å²) in [5.74, 6) is -1.53. The van der Waals surface area contributed by atoms with Crippen LogP contribution in [-0.4, -0.2) is 40.5 Å². The van der Waals surface area contributed by atoms with Gasteiger partial charge in [-0.15, -0.1) is 0 Å². The van der Waals surface area contributed by atoms with Crippen molar-refractivity contribution in [3.63, 3.8) is 0 Å². The van der Waals surface area contributed by atoms with Crippen LogP contribution in [0.15, 0.2) is 24.4 Å². The van der Waals surface area contributed by atoms with E-state index in [1.54, 1.807) is 18.1 Å². The van der Waals surface area contributed by atoms with Crippen LogP contribution >= 0.6 is 0 Å². The van der Waals surface area contributed by atoms with E-state index < -0.39 is 11.9 Å². The third-order valence-corrected chi connectivity index (χ3v) is 4.24. The number of aliphatic carboxylic acids is 1. The van der Waals surface area contributed by atoms with Gasteiger partial charge in [0.2, 0.25) is 5.91 Å². The highest BCUT2D eigenvalue weighted by Crippen LogP contribution is 2.37. The summed E-state index contributed by atoms with van der Waals surface area (Å²) < 4.78 is 0. The van der Waals surface area contributed by atoms with E-state index in [-0.39, 0.29) is 11.8 Å². The van der Waals surface area contributed by atoms with Gasteiger partial charge in [-0.2, -0.15) is 0 Å². The van der Waals surface area contributed by atoms with Gasteiger partial charge >= 0.3 is 5.97 Å². The van der Waals surface area contributed by atoms with Crippen LogP contribution in [0.25, 0.3) is 0 Å². The minimum Gasteiger partial charge on any atom is -0.481 e. The van der Waals surface area contributed by atoms with Crippen LogP contribution in [-0.2, 0) is 16.0 Å². The zero-order chi connectivity index (χ0) is 15.4. The number of carbonyl (C=O) groups excluding carboxylic acids is 1. The van der Waals surface area contributed by atoms with Crippen molar-refractivity contribution in [2.75, 3.05) is 13.6 Å². The topological polar surface area (TPSA) is 70.5 Å². The maximum Gasteiger partial charge on any atom is 0.307 e. The lowest BCUT2D eigenvalue weighted by molar-refractivity contribution is -0.148. The average Bonchev–Trinajstić information content (AvgIpc) is 2.87. The van der Waals surface area contributed by atoms with Crippen molar-refractivity contribution < 1.29 is 14.7 Å². The molecule has 21 heavy (non-hydrogen) atoms. The highest BCUT2D eigenvalue weighted by Gasteiger charge is 2.42. The first kappa shape index (κ1) is 15.5.